The summed E-state index contributed by atoms with van der Waals surface area (Å²) in [6, 6.07) is 8.87. The first-order chi connectivity index (χ1) is 13.9. The molecular weight excluding hydrogens is 388 g/mol. The molecule has 0 N–H and O–H groups in total. The normalized spacial score (nSPS) is 16.6. The van der Waals surface area contributed by atoms with Crippen molar-refractivity contribution in [2.45, 2.75) is 19.9 Å². The Hall–Kier alpha value is -3.26. The van der Waals surface area contributed by atoms with Crippen molar-refractivity contribution in [3.8, 4) is 0 Å². The summed E-state index contributed by atoms with van der Waals surface area (Å²) in [4.78, 5) is 31.0. The van der Waals surface area contributed by atoms with E-state index in [1.165, 1.54) is 18.4 Å². The van der Waals surface area contributed by atoms with Gasteiger partial charge in [-0.25, -0.2) is 9.79 Å². The number of fused-ring (bicyclic) bond motifs is 1. The summed E-state index contributed by atoms with van der Waals surface area (Å²) in [7, 11) is 3.17. The van der Waals surface area contributed by atoms with Gasteiger partial charge in [0, 0.05) is 18.8 Å². The van der Waals surface area contributed by atoms with Gasteiger partial charge in [0.05, 0.1) is 34.6 Å². The summed E-state index contributed by atoms with van der Waals surface area (Å²) in [6.07, 6.45) is 3.69. The Labute approximate surface area is 170 Å². The Bertz CT molecular complexity index is 1310. The second-order valence-electron chi connectivity index (χ2n) is 6.83. The number of allylic oxidation sites excluding steroid dienone is 1. The summed E-state index contributed by atoms with van der Waals surface area (Å²) in [5, 5.41) is 4.33. The Morgan fingerprint density at radius 3 is 2.59 bits per heavy atom. The lowest BCUT2D eigenvalue weighted by Crippen LogP contribution is -2.39. The van der Waals surface area contributed by atoms with Gasteiger partial charge < -0.3 is 4.74 Å². The molecule has 0 bridgehead atoms. The second kappa shape index (κ2) is 7.29. The van der Waals surface area contributed by atoms with Gasteiger partial charge in [-0.15, -0.1) is 0 Å². The summed E-state index contributed by atoms with van der Waals surface area (Å²) in [6.45, 7) is 3.67. The van der Waals surface area contributed by atoms with E-state index in [0.717, 1.165) is 16.8 Å². The number of carbonyl (C=O) groups is 1. The van der Waals surface area contributed by atoms with Crippen LogP contribution < -0.4 is 14.9 Å². The lowest BCUT2D eigenvalue weighted by atomic mass is 9.96. The van der Waals surface area contributed by atoms with Crippen LogP contribution in [0.4, 0.5) is 0 Å². The van der Waals surface area contributed by atoms with E-state index in [1.807, 2.05) is 56.6 Å². The van der Waals surface area contributed by atoms with E-state index in [0.29, 0.717) is 20.6 Å². The van der Waals surface area contributed by atoms with Crippen molar-refractivity contribution < 1.29 is 9.53 Å². The molecule has 0 aliphatic carbocycles. The van der Waals surface area contributed by atoms with Gasteiger partial charge in [-0.3, -0.25) is 14.0 Å². The SMILES string of the molecule is COC(=O)C1=C(C)N=c2s/c(=C/c3cn(C)nc3C)c(=O)n2[C@@H]1c1ccccc1. The zero-order valence-corrected chi connectivity index (χ0v) is 17.4. The Morgan fingerprint density at radius 2 is 1.97 bits per heavy atom. The van der Waals surface area contributed by atoms with Gasteiger partial charge in [-0.1, -0.05) is 41.7 Å². The number of nitrogens with zero attached hydrogens (tertiary/aromatic N) is 4. The van der Waals surface area contributed by atoms with Gasteiger partial charge in [0.1, 0.15) is 0 Å². The smallest absolute Gasteiger partial charge is 0.338 e. The van der Waals surface area contributed by atoms with Gasteiger partial charge in [-0.05, 0) is 25.5 Å². The number of esters is 1. The van der Waals surface area contributed by atoms with Crippen molar-refractivity contribution in [1.82, 2.24) is 14.3 Å². The first-order valence-electron chi connectivity index (χ1n) is 9.06. The maximum absolute atomic E-state index is 13.4. The number of aromatic nitrogens is 3. The molecule has 0 unspecified atom stereocenters. The number of hydrogen-bond acceptors (Lipinski definition) is 6. The van der Waals surface area contributed by atoms with Gasteiger partial charge in [0.25, 0.3) is 5.56 Å². The van der Waals surface area contributed by atoms with Gasteiger partial charge in [0.15, 0.2) is 4.80 Å². The lowest BCUT2D eigenvalue weighted by Gasteiger charge is -2.24. The largest absolute Gasteiger partial charge is 0.466 e. The van der Waals surface area contributed by atoms with E-state index in [-0.39, 0.29) is 5.56 Å². The van der Waals surface area contributed by atoms with Crippen LogP contribution in [0.3, 0.4) is 0 Å². The molecule has 1 atom stereocenters. The first-order valence-corrected chi connectivity index (χ1v) is 9.88. The maximum Gasteiger partial charge on any atom is 0.338 e. The van der Waals surface area contributed by atoms with E-state index < -0.39 is 12.0 Å². The summed E-state index contributed by atoms with van der Waals surface area (Å²) in [5.74, 6) is -0.488. The highest BCUT2D eigenvalue weighted by molar-refractivity contribution is 7.07. The highest BCUT2D eigenvalue weighted by atomic mass is 32.1. The average molecular weight is 408 g/mol. The van der Waals surface area contributed by atoms with Crippen molar-refractivity contribution in [2.75, 3.05) is 7.11 Å². The molecule has 0 saturated carbocycles. The monoisotopic (exact) mass is 408 g/mol. The molecule has 0 spiro atoms. The van der Waals surface area contributed by atoms with Crippen LogP contribution in [0, 0.1) is 6.92 Å². The topological polar surface area (TPSA) is 78.5 Å². The maximum atomic E-state index is 13.4. The highest BCUT2D eigenvalue weighted by Crippen LogP contribution is 2.30. The molecule has 1 aliphatic rings. The van der Waals surface area contributed by atoms with E-state index in [1.54, 1.807) is 16.2 Å². The van der Waals surface area contributed by atoms with Gasteiger partial charge in [-0.2, -0.15) is 5.10 Å². The molecule has 0 amide bonds. The van der Waals surface area contributed by atoms with Crippen LogP contribution in [0.5, 0.6) is 0 Å². The average Bonchev–Trinajstić information content (AvgIpc) is 3.19. The van der Waals surface area contributed by atoms with Crippen LogP contribution in [0.15, 0.2) is 57.6 Å². The van der Waals surface area contributed by atoms with Crippen LogP contribution in [0.1, 0.15) is 29.8 Å². The zero-order chi connectivity index (χ0) is 20.7. The number of aryl methyl sites for hydroxylation is 2. The van der Waals surface area contributed by atoms with Crippen molar-refractivity contribution in [3.63, 3.8) is 0 Å². The van der Waals surface area contributed by atoms with Crippen LogP contribution in [-0.2, 0) is 16.6 Å². The van der Waals surface area contributed by atoms with Crippen LogP contribution in [0.25, 0.3) is 6.08 Å². The molecule has 1 aromatic carbocycles. The molecule has 3 aromatic rings. The Balaban J connectivity index is 2.00. The molecule has 3 heterocycles. The molecule has 7 nitrogen and oxygen atoms in total. The molecule has 8 heteroatoms. The molecule has 0 fully saturated rings. The van der Waals surface area contributed by atoms with Crippen molar-refractivity contribution in [1.29, 1.82) is 0 Å². The standard InChI is InChI=1S/C21H20N4O3S/c1-12-15(11-24(3)23-12)10-16-19(26)25-18(14-8-6-5-7-9-14)17(20(27)28-4)13(2)22-21(25)29-16/h5-11,18H,1-4H3/b16-10+/t18-/m1/s1. The fourth-order valence-corrected chi connectivity index (χ4v) is 4.58. The van der Waals surface area contributed by atoms with Crippen LogP contribution in [-0.4, -0.2) is 27.4 Å². The summed E-state index contributed by atoms with van der Waals surface area (Å²) >= 11 is 1.30. The quantitative estimate of drug-likeness (QED) is 0.615. The van der Waals surface area contributed by atoms with Crippen LogP contribution >= 0.6 is 11.3 Å². The van der Waals surface area contributed by atoms with Crippen LogP contribution in [0.2, 0.25) is 0 Å². The molecule has 0 saturated heterocycles. The Kier molecular flexibility index (Phi) is 4.79. The number of methoxy groups -OCH3 is 1. The number of thiazole rings is 1. The van der Waals surface area contributed by atoms with E-state index >= 15 is 0 Å². The number of ether oxygens (including phenoxy) is 1. The molecule has 4 rings (SSSR count). The Morgan fingerprint density at radius 1 is 1.24 bits per heavy atom. The number of benzene rings is 1. The summed E-state index contributed by atoms with van der Waals surface area (Å²) in [5.41, 5.74) is 3.26. The van der Waals surface area contributed by atoms with Crippen molar-refractivity contribution in [3.05, 3.63) is 84.3 Å². The number of carbonyl (C=O) groups excluding carboxylic acids is 1. The van der Waals surface area contributed by atoms with E-state index in [9.17, 15) is 9.59 Å². The third-order valence-electron chi connectivity index (χ3n) is 4.88. The second-order valence-corrected chi connectivity index (χ2v) is 7.84. The molecule has 1 aliphatic heterocycles. The molecule has 29 heavy (non-hydrogen) atoms. The van der Waals surface area contributed by atoms with E-state index in [2.05, 4.69) is 10.1 Å². The number of rotatable bonds is 3. The minimum atomic E-state index is -0.586. The highest BCUT2D eigenvalue weighted by Gasteiger charge is 2.32. The van der Waals surface area contributed by atoms with Gasteiger partial charge in [0.2, 0.25) is 0 Å². The predicted octanol–water partition coefficient (Wildman–Crippen LogP) is 1.45. The predicted molar refractivity (Wildman–Crippen MR) is 110 cm³/mol. The third-order valence-corrected chi connectivity index (χ3v) is 5.86. The van der Waals surface area contributed by atoms with Crippen molar-refractivity contribution >= 4 is 23.4 Å². The minimum Gasteiger partial charge on any atom is -0.466 e. The summed E-state index contributed by atoms with van der Waals surface area (Å²) < 4.78 is 8.83. The lowest BCUT2D eigenvalue weighted by molar-refractivity contribution is -0.136. The van der Waals surface area contributed by atoms with Gasteiger partial charge >= 0.3 is 5.97 Å². The molecular formula is C21H20N4O3S. The molecule has 0 radical (unpaired) electrons. The fourth-order valence-electron chi connectivity index (χ4n) is 3.54. The molecule has 2 aromatic heterocycles. The zero-order valence-electron chi connectivity index (χ0n) is 16.5. The van der Waals surface area contributed by atoms with Crippen molar-refractivity contribution in [2.24, 2.45) is 12.0 Å². The third kappa shape index (κ3) is 3.25. The molecule has 148 valence electrons. The van der Waals surface area contributed by atoms with E-state index in [4.69, 9.17) is 4.74 Å². The minimum absolute atomic E-state index is 0.195. The first kappa shape index (κ1) is 19.1. The number of hydrogen-bond donors (Lipinski definition) is 0. The fraction of sp³-hybridized carbons (Fsp3) is 0.238.